The Bertz CT molecular complexity index is 123. The molecule has 1 atom stereocenters. The monoisotopic (exact) mass is 159 g/mol. The van der Waals surface area contributed by atoms with E-state index in [1.54, 1.807) is 0 Å². The molecule has 11 heavy (non-hydrogen) atoms. The quantitative estimate of drug-likeness (QED) is 0.638. The van der Waals surface area contributed by atoms with Gasteiger partial charge in [-0.1, -0.05) is 13.8 Å². The number of ether oxygens (including phenoxy) is 1. The molecule has 0 aliphatic heterocycles. The summed E-state index contributed by atoms with van der Waals surface area (Å²) >= 11 is 0. The number of carbonyl (C=O) groups is 1. The normalized spacial score (nSPS) is 13.5. The summed E-state index contributed by atoms with van der Waals surface area (Å²) in [5, 5.41) is 0. The molecule has 0 bridgehead atoms. The lowest BCUT2D eigenvalue weighted by atomic mass is 10.0. The van der Waals surface area contributed by atoms with Crippen LogP contribution in [0.2, 0.25) is 0 Å². The van der Waals surface area contributed by atoms with Crippen molar-refractivity contribution in [2.75, 3.05) is 13.7 Å². The maximum Gasteiger partial charge on any atom is 0.175 e. The molecule has 3 heteroatoms. The molecule has 3 nitrogen and oxygen atoms in total. The van der Waals surface area contributed by atoms with Gasteiger partial charge in [-0.25, -0.2) is 0 Å². The Labute approximate surface area is 67.9 Å². The molecule has 0 unspecified atom stereocenters. The number of rotatable bonds is 5. The summed E-state index contributed by atoms with van der Waals surface area (Å²) in [7, 11) is 1.50. The lowest BCUT2D eigenvalue weighted by Crippen LogP contribution is -2.34. The summed E-state index contributed by atoms with van der Waals surface area (Å²) in [5.74, 6) is 0.451. The van der Waals surface area contributed by atoms with Crippen molar-refractivity contribution in [1.82, 2.24) is 0 Å². The Balaban J connectivity index is 3.64. The predicted molar refractivity (Wildman–Crippen MR) is 44.3 cm³/mol. The fourth-order valence-electron chi connectivity index (χ4n) is 0.889. The molecule has 0 saturated carbocycles. The largest absolute Gasteiger partial charge is 0.377 e. The molecule has 0 rings (SSSR count). The van der Waals surface area contributed by atoms with Crippen molar-refractivity contribution in [3.8, 4) is 0 Å². The van der Waals surface area contributed by atoms with Crippen LogP contribution in [0.15, 0.2) is 0 Å². The molecule has 0 aliphatic rings. The zero-order chi connectivity index (χ0) is 8.85. The van der Waals surface area contributed by atoms with E-state index in [0.717, 1.165) is 6.42 Å². The zero-order valence-corrected chi connectivity index (χ0v) is 7.46. The van der Waals surface area contributed by atoms with Gasteiger partial charge in [-0.05, 0) is 12.3 Å². The molecule has 2 N–H and O–H groups in total. The number of hydrogen-bond donors (Lipinski definition) is 1. The van der Waals surface area contributed by atoms with Crippen LogP contribution in [0.1, 0.15) is 20.3 Å². The molecule has 0 aliphatic carbocycles. The van der Waals surface area contributed by atoms with Crippen molar-refractivity contribution < 1.29 is 9.53 Å². The minimum absolute atomic E-state index is 0.0128. The van der Waals surface area contributed by atoms with Crippen LogP contribution in [-0.4, -0.2) is 25.5 Å². The Morgan fingerprint density at radius 2 is 2.09 bits per heavy atom. The van der Waals surface area contributed by atoms with Gasteiger partial charge in [0.25, 0.3) is 0 Å². The lowest BCUT2D eigenvalue weighted by Gasteiger charge is -2.11. The molecule has 0 amide bonds. The molecule has 0 saturated heterocycles. The van der Waals surface area contributed by atoms with E-state index >= 15 is 0 Å². The first kappa shape index (κ1) is 10.6. The van der Waals surface area contributed by atoms with Gasteiger partial charge >= 0.3 is 0 Å². The Kier molecular flexibility index (Phi) is 5.07. The van der Waals surface area contributed by atoms with Gasteiger partial charge in [0.1, 0.15) is 6.61 Å². The number of nitrogens with two attached hydrogens (primary N) is 1. The van der Waals surface area contributed by atoms with Crippen molar-refractivity contribution in [2.24, 2.45) is 11.7 Å². The minimum atomic E-state index is -0.352. The van der Waals surface area contributed by atoms with E-state index in [1.165, 1.54) is 7.11 Å². The number of ketones is 1. The van der Waals surface area contributed by atoms with E-state index in [2.05, 4.69) is 4.74 Å². The highest BCUT2D eigenvalue weighted by molar-refractivity contribution is 5.84. The van der Waals surface area contributed by atoms with Crippen molar-refractivity contribution in [1.29, 1.82) is 0 Å². The van der Waals surface area contributed by atoms with Crippen LogP contribution < -0.4 is 5.73 Å². The number of hydrogen-bond acceptors (Lipinski definition) is 3. The Morgan fingerprint density at radius 3 is 2.45 bits per heavy atom. The fourth-order valence-corrected chi connectivity index (χ4v) is 0.889. The highest BCUT2D eigenvalue weighted by atomic mass is 16.5. The van der Waals surface area contributed by atoms with Gasteiger partial charge in [-0.15, -0.1) is 0 Å². The first-order valence-electron chi connectivity index (χ1n) is 3.85. The molecular formula is C8H17NO2. The molecule has 0 heterocycles. The summed E-state index contributed by atoms with van der Waals surface area (Å²) < 4.78 is 4.68. The SMILES string of the molecule is COCC(=O)[C@@H](N)CC(C)C. The molecular weight excluding hydrogens is 142 g/mol. The molecule has 0 aromatic rings. The van der Waals surface area contributed by atoms with E-state index < -0.39 is 0 Å². The summed E-state index contributed by atoms with van der Waals surface area (Å²) in [6, 6.07) is -0.352. The van der Waals surface area contributed by atoms with Gasteiger partial charge in [0.15, 0.2) is 5.78 Å². The number of carbonyl (C=O) groups excluding carboxylic acids is 1. The third-order valence-electron chi connectivity index (χ3n) is 1.43. The first-order chi connectivity index (χ1) is 5.07. The van der Waals surface area contributed by atoms with Gasteiger partial charge in [0.05, 0.1) is 6.04 Å². The summed E-state index contributed by atoms with van der Waals surface area (Å²) in [4.78, 5) is 11.0. The second-order valence-corrected chi connectivity index (χ2v) is 3.14. The smallest absolute Gasteiger partial charge is 0.175 e. The van der Waals surface area contributed by atoms with E-state index in [-0.39, 0.29) is 18.4 Å². The zero-order valence-electron chi connectivity index (χ0n) is 7.46. The average Bonchev–Trinajstić information content (AvgIpc) is 1.86. The van der Waals surface area contributed by atoms with Crippen molar-refractivity contribution in [3.63, 3.8) is 0 Å². The topological polar surface area (TPSA) is 52.3 Å². The summed E-state index contributed by atoms with van der Waals surface area (Å²) in [6.45, 7) is 4.22. The van der Waals surface area contributed by atoms with E-state index in [9.17, 15) is 4.79 Å². The van der Waals surface area contributed by atoms with Gasteiger partial charge in [0, 0.05) is 7.11 Å². The van der Waals surface area contributed by atoms with Gasteiger partial charge < -0.3 is 10.5 Å². The van der Waals surface area contributed by atoms with Crippen LogP contribution in [0.3, 0.4) is 0 Å². The van der Waals surface area contributed by atoms with Crippen LogP contribution >= 0.6 is 0 Å². The van der Waals surface area contributed by atoms with Crippen molar-refractivity contribution >= 4 is 5.78 Å². The molecule has 0 spiro atoms. The Morgan fingerprint density at radius 1 is 1.55 bits per heavy atom. The predicted octanol–water partition coefficient (Wildman–Crippen LogP) is 0.575. The maximum atomic E-state index is 11.0. The number of Topliss-reactive ketones (excluding diaryl/α,β-unsaturated/α-hetero) is 1. The van der Waals surface area contributed by atoms with Crippen LogP contribution in [0.4, 0.5) is 0 Å². The fraction of sp³-hybridized carbons (Fsp3) is 0.875. The Hall–Kier alpha value is -0.410. The highest BCUT2D eigenvalue weighted by Gasteiger charge is 2.13. The second kappa shape index (κ2) is 5.27. The van der Waals surface area contributed by atoms with Gasteiger partial charge in [-0.2, -0.15) is 0 Å². The minimum Gasteiger partial charge on any atom is -0.377 e. The molecule has 0 radical (unpaired) electrons. The van der Waals surface area contributed by atoms with Crippen LogP contribution in [0, 0.1) is 5.92 Å². The third kappa shape index (κ3) is 4.93. The molecule has 0 aromatic carbocycles. The molecule has 66 valence electrons. The molecule has 0 fully saturated rings. The van der Waals surface area contributed by atoms with Crippen LogP contribution in [-0.2, 0) is 9.53 Å². The van der Waals surface area contributed by atoms with Gasteiger partial charge in [-0.3, -0.25) is 4.79 Å². The maximum absolute atomic E-state index is 11.0. The second-order valence-electron chi connectivity index (χ2n) is 3.14. The molecule has 0 aromatic heterocycles. The highest BCUT2D eigenvalue weighted by Crippen LogP contribution is 2.03. The lowest BCUT2D eigenvalue weighted by molar-refractivity contribution is -0.124. The van der Waals surface area contributed by atoms with Crippen LogP contribution in [0.25, 0.3) is 0 Å². The van der Waals surface area contributed by atoms with E-state index in [1.807, 2.05) is 13.8 Å². The van der Waals surface area contributed by atoms with E-state index in [0.29, 0.717) is 5.92 Å². The standard InChI is InChI=1S/C8H17NO2/c1-6(2)4-7(9)8(10)5-11-3/h6-7H,4-5,9H2,1-3H3/t7-/m0/s1. The van der Waals surface area contributed by atoms with Crippen LogP contribution in [0.5, 0.6) is 0 Å². The van der Waals surface area contributed by atoms with Crippen molar-refractivity contribution in [3.05, 3.63) is 0 Å². The van der Waals surface area contributed by atoms with Gasteiger partial charge in [0.2, 0.25) is 0 Å². The summed E-state index contributed by atoms with van der Waals surface area (Å²) in [6.07, 6.45) is 0.738. The number of methoxy groups -OCH3 is 1. The first-order valence-corrected chi connectivity index (χ1v) is 3.85. The van der Waals surface area contributed by atoms with Crippen molar-refractivity contribution in [2.45, 2.75) is 26.3 Å². The summed E-state index contributed by atoms with van der Waals surface area (Å²) in [5.41, 5.74) is 5.57. The van der Waals surface area contributed by atoms with E-state index in [4.69, 9.17) is 5.73 Å². The average molecular weight is 159 g/mol. The third-order valence-corrected chi connectivity index (χ3v) is 1.43.